The maximum Gasteiger partial charge on any atom is 0.306 e. The van der Waals surface area contributed by atoms with Crippen LogP contribution in [-0.4, -0.2) is 98.9 Å². The highest BCUT2D eigenvalue weighted by molar-refractivity contribution is 5.95. The van der Waals surface area contributed by atoms with Gasteiger partial charge in [0.2, 0.25) is 17.7 Å². The van der Waals surface area contributed by atoms with Gasteiger partial charge in [0.1, 0.15) is 24.8 Å². The first-order chi connectivity index (χ1) is 26.6. The van der Waals surface area contributed by atoms with Crippen molar-refractivity contribution in [3.63, 3.8) is 0 Å². The summed E-state index contributed by atoms with van der Waals surface area (Å²) in [5.74, 6) is -2.08. The number of amides is 3. The van der Waals surface area contributed by atoms with Gasteiger partial charge in [0.05, 0.1) is 38.1 Å². The van der Waals surface area contributed by atoms with Crippen molar-refractivity contribution in [3.05, 3.63) is 44.5 Å². The van der Waals surface area contributed by atoms with Crippen LogP contribution in [0.3, 0.4) is 0 Å². The van der Waals surface area contributed by atoms with Gasteiger partial charge in [-0.2, -0.15) is 0 Å². The molecule has 0 saturated carbocycles. The Kier molecular flexibility index (Phi) is 20.9. The highest BCUT2D eigenvalue weighted by atomic mass is 17.0. The molecule has 1 aromatic rings. The summed E-state index contributed by atoms with van der Waals surface area (Å²) in [5, 5.41) is 25.2. The standard InChI is InChI=1S/C37H59N5O14/c1-7-8-17-38-36(46)28(26(2)3)20-32(56-35(45)16-12-19-54-42(49)50)29(39-33(43)15-11-18-53-41(47)48)21-37(4,5)22-34(44)40-23-27(24-52-25-51-6)55-31-14-10-9-13-30(31)40/h9-10,13-14,26-29,32H,7-8,11-12,15-25H2,1-6H3,(H,38,46)(H,39,43)/t27-,28-,29?,32+/m1/s1. The summed E-state index contributed by atoms with van der Waals surface area (Å²) in [5.41, 5.74) is -0.264. The van der Waals surface area contributed by atoms with Crippen LogP contribution < -0.4 is 20.3 Å². The average Bonchev–Trinajstić information content (AvgIpc) is 3.12. The van der Waals surface area contributed by atoms with Gasteiger partial charge in [-0.25, -0.2) is 0 Å². The fourth-order valence-corrected chi connectivity index (χ4v) is 6.31. The summed E-state index contributed by atoms with van der Waals surface area (Å²) in [6.45, 7) is 9.60. The molecule has 56 heavy (non-hydrogen) atoms. The topological polar surface area (TPSA) is 237 Å². The molecule has 3 amide bonds. The minimum atomic E-state index is -1.08. The number of esters is 1. The van der Waals surface area contributed by atoms with E-state index in [2.05, 4.69) is 20.3 Å². The van der Waals surface area contributed by atoms with Gasteiger partial charge in [-0.1, -0.05) is 53.2 Å². The van der Waals surface area contributed by atoms with E-state index in [0.717, 1.165) is 12.8 Å². The van der Waals surface area contributed by atoms with Crippen LogP contribution in [0.15, 0.2) is 24.3 Å². The largest absolute Gasteiger partial charge is 0.484 e. The summed E-state index contributed by atoms with van der Waals surface area (Å²) >= 11 is 0. The van der Waals surface area contributed by atoms with Crippen molar-refractivity contribution < 1.29 is 58.0 Å². The molecule has 2 N–H and O–H groups in total. The molecule has 1 aliphatic heterocycles. The van der Waals surface area contributed by atoms with Crippen molar-refractivity contribution in [2.75, 3.05) is 51.7 Å². The molecule has 1 aliphatic rings. The summed E-state index contributed by atoms with van der Waals surface area (Å²) < 4.78 is 22.6. The molecule has 0 saturated heterocycles. The van der Waals surface area contributed by atoms with Gasteiger partial charge in [0, 0.05) is 38.8 Å². The number of anilines is 1. The van der Waals surface area contributed by atoms with E-state index in [1.54, 1.807) is 29.2 Å². The number of hydrogen-bond donors (Lipinski definition) is 2. The van der Waals surface area contributed by atoms with Crippen molar-refractivity contribution >= 4 is 29.4 Å². The Hall–Kier alpha value is -4.78. The van der Waals surface area contributed by atoms with Crippen molar-refractivity contribution in [1.82, 2.24) is 10.6 Å². The number of carbonyl (C=O) groups is 4. The molecular formula is C37H59N5O14. The third-order valence-corrected chi connectivity index (χ3v) is 9.05. The molecule has 4 atom stereocenters. The lowest BCUT2D eigenvalue weighted by Gasteiger charge is -2.38. The Bertz CT molecular complexity index is 1430. The van der Waals surface area contributed by atoms with E-state index in [0.29, 0.717) is 18.0 Å². The first-order valence-electron chi connectivity index (χ1n) is 19.0. The predicted octanol–water partition coefficient (Wildman–Crippen LogP) is 4.16. The number of rotatable bonds is 28. The number of ether oxygens (including phenoxy) is 4. The summed E-state index contributed by atoms with van der Waals surface area (Å²) in [4.78, 5) is 85.9. The molecule has 2 rings (SSSR count). The molecule has 316 valence electrons. The quantitative estimate of drug-likeness (QED) is 0.0398. The van der Waals surface area contributed by atoms with E-state index in [1.165, 1.54) is 7.11 Å². The molecule has 19 heteroatoms. The van der Waals surface area contributed by atoms with Crippen LogP contribution in [0.5, 0.6) is 5.75 Å². The molecule has 1 aromatic carbocycles. The molecule has 0 aromatic heterocycles. The fourth-order valence-electron chi connectivity index (χ4n) is 6.31. The number of benzene rings is 1. The number of hydrogen-bond acceptors (Lipinski definition) is 14. The molecule has 1 unspecified atom stereocenters. The van der Waals surface area contributed by atoms with Gasteiger partial charge < -0.3 is 44.2 Å². The van der Waals surface area contributed by atoms with Crippen molar-refractivity contribution in [1.29, 1.82) is 0 Å². The number of carbonyl (C=O) groups excluding carboxylic acids is 4. The smallest absolute Gasteiger partial charge is 0.306 e. The second-order valence-electron chi connectivity index (χ2n) is 14.8. The lowest BCUT2D eigenvalue weighted by molar-refractivity contribution is -0.757. The van der Waals surface area contributed by atoms with E-state index >= 15 is 0 Å². The number of methoxy groups -OCH3 is 1. The molecule has 1 heterocycles. The second kappa shape index (κ2) is 24.7. The molecule has 0 bridgehead atoms. The molecule has 0 aliphatic carbocycles. The molecular weight excluding hydrogens is 738 g/mol. The highest BCUT2D eigenvalue weighted by Crippen LogP contribution is 2.37. The summed E-state index contributed by atoms with van der Waals surface area (Å²) in [6, 6.07) is 6.20. The number of fused-ring (bicyclic) bond motifs is 1. The summed E-state index contributed by atoms with van der Waals surface area (Å²) in [7, 11) is 1.50. The van der Waals surface area contributed by atoms with Gasteiger partial charge in [0.15, 0.2) is 0 Å². The SMILES string of the molecule is CCCCNC(=O)[C@H](C[C@H](OC(=O)CCCO[N+](=O)[O-])C(CC(C)(C)CC(=O)N1C[C@H](COCOC)Oc2ccccc21)NC(=O)CCCO[N+](=O)[O-])C(C)C. The minimum absolute atomic E-state index is 0.00612. The zero-order valence-electron chi connectivity index (χ0n) is 33.4. The number of unbranched alkanes of at least 4 members (excludes halogenated alkanes) is 1. The van der Waals surface area contributed by atoms with Crippen LogP contribution in [-0.2, 0) is 43.1 Å². The van der Waals surface area contributed by atoms with Gasteiger partial charge in [-0.15, -0.1) is 20.2 Å². The van der Waals surface area contributed by atoms with Crippen molar-refractivity contribution in [2.24, 2.45) is 17.3 Å². The molecule has 0 spiro atoms. The van der Waals surface area contributed by atoms with Gasteiger partial charge in [-0.05, 0) is 55.6 Å². The number of nitrogens with zero attached hydrogens (tertiary/aromatic N) is 3. The van der Waals surface area contributed by atoms with Crippen LogP contribution in [0.4, 0.5) is 5.69 Å². The molecule has 0 fully saturated rings. The Morgan fingerprint density at radius 3 is 2.30 bits per heavy atom. The normalized spacial score (nSPS) is 15.4. The van der Waals surface area contributed by atoms with Gasteiger partial charge in [-0.3, -0.25) is 19.2 Å². The molecule has 0 radical (unpaired) electrons. The van der Waals surface area contributed by atoms with Crippen LogP contribution in [0, 0.1) is 37.5 Å². The van der Waals surface area contributed by atoms with E-state index in [1.807, 2.05) is 34.6 Å². The second-order valence-corrected chi connectivity index (χ2v) is 14.8. The fraction of sp³-hybridized carbons (Fsp3) is 0.730. The average molecular weight is 798 g/mol. The first-order valence-corrected chi connectivity index (χ1v) is 19.0. The van der Waals surface area contributed by atoms with Crippen LogP contribution in [0.2, 0.25) is 0 Å². The highest BCUT2D eigenvalue weighted by Gasteiger charge is 2.39. The lowest BCUT2D eigenvalue weighted by atomic mass is 9.78. The third-order valence-electron chi connectivity index (χ3n) is 9.05. The Morgan fingerprint density at radius 2 is 1.68 bits per heavy atom. The van der Waals surface area contributed by atoms with Gasteiger partial charge >= 0.3 is 5.97 Å². The summed E-state index contributed by atoms with van der Waals surface area (Å²) in [6.07, 6.45) is -0.254. The first kappa shape index (κ1) is 47.4. The zero-order valence-corrected chi connectivity index (χ0v) is 33.4. The Labute approximate surface area is 327 Å². The van der Waals surface area contributed by atoms with Crippen molar-refractivity contribution in [3.8, 4) is 5.75 Å². The van der Waals surface area contributed by atoms with Crippen LogP contribution >= 0.6 is 0 Å². The Balaban J connectivity index is 2.45. The minimum Gasteiger partial charge on any atom is -0.484 e. The van der Waals surface area contributed by atoms with E-state index in [9.17, 15) is 39.4 Å². The number of nitrogens with one attached hydrogen (secondary N) is 2. The predicted molar refractivity (Wildman–Crippen MR) is 201 cm³/mol. The van der Waals surface area contributed by atoms with Crippen molar-refractivity contribution in [2.45, 2.75) is 111 Å². The van der Waals surface area contributed by atoms with Gasteiger partial charge in [0.25, 0.3) is 10.2 Å². The maximum atomic E-state index is 14.2. The maximum absolute atomic E-state index is 14.2. The lowest BCUT2D eigenvalue weighted by Crippen LogP contribution is -2.51. The van der Waals surface area contributed by atoms with E-state index < -0.39 is 51.6 Å². The third kappa shape index (κ3) is 17.8. The Morgan fingerprint density at radius 1 is 1.02 bits per heavy atom. The number of para-hydroxylation sites is 2. The van der Waals surface area contributed by atoms with Crippen LogP contribution in [0.25, 0.3) is 0 Å². The van der Waals surface area contributed by atoms with E-state index in [4.69, 9.17) is 18.9 Å². The van der Waals surface area contributed by atoms with E-state index in [-0.39, 0.29) is 95.8 Å². The molecule has 19 nitrogen and oxygen atoms in total. The monoisotopic (exact) mass is 797 g/mol. The zero-order chi connectivity index (χ0) is 41.7. The van der Waals surface area contributed by atoms with Crippen LogP contribution in [0.1, 0.15) is 92.4 Å².